The van der Waals surface area contributed by atoms with Crippen molar-refractivity contribution in [1.82, 2.24) is 19.5 Å². The van der Waals surface area contributed by atoms with Crippen molar-refractivity contribution in [1.29, 1.82) is 0 Å². The van der Waals surface area contributed by atoms with E-state index in [1.54, 1.807) is 0 Å². The third-order valence-corrected chi connectivity index (χ3v) is 7.16. The van der Waals surface area contributed by atoms with Crippen molar-refractivity contribution in [3.63, 3.8) is 0 Å². The van der Waals surface area contributed by atoms with Gasteiger partial charge >= 0.3 is 0 Å². The fraction of sp³-hybridized carbons (Fsp3) is 0.452. The molecule has 0 radical (unpaired) electrons. The molecule has 1 fully saturated rings. The highest BCUT2D eigenvalue weighted by Crippen LogP contribution is 2.47. The summed E-state index contributed by atoms with van der Waals surface area (Å²) in [6.07, 6.45) is 13.6. The Morgan fingerprint density at radius 1 is 1.15 bits per heavy atom. The standard InChI is InChI=1S/C24H20Cl2FN5.C3H8O2.2C2H6/c1-2-24(6-3-14-9-19(27)17-11-18(25)22(28)31-20(17)10-14)7-4-15(12-24)32-8-5-16-21(26)29-13-30-23(16)32;1-3(2,4)5;2*1-2/h1,5,8-11,13,15H,3-4,6-7,12H2,(H2,28,31);4-5H,1-2H3;2*1-2H3. The second-order valence-corrected chi connectivity index (χ2v) is 10.7. The van der Waals surface area contributed by atoms with Gasteiger partial charge in [-0.25, -0.2) is 19.3 Å². The Kier molecular flexibility index (Phi) is 12.3. The largest absolute Gasteiger partial charge is 0.382 e. The second kappa shape index (κ2) is 14.8. The summed E-state index contributed by atoms with van der Waals surface area (Å²) in [4.78, 5) is 12.7. The summed E-state index contributed by atoms with van der Waals surface area (Å²) in [5, 5.41) is 18.0. The second-order valence-electron chi connectivity index (χ2n) is 9.94. The number of nitrogens with zero attached hydrogens (tertiary/aromatic N) is 4. The Hall–Kier alpha value is -2.96. The number of halogens is 3. The molecule has 4 N–H and O–H groups in total. The minimum Gasteiger partial charge on any atom is -0.382 e. The number of aromatic nitrogens is 4. The van der Waals surface area contributed by atoms with E-state index in [9.17, 15) is 4.39 Å². The van der Waals surface area contributed by atoms with E-state index in [1.807, 2.05) is 46.0 Å². The SMILES string of the molecule is C#CC1(CCc2cc(F)c3cc(Cl)c(N)nc3c2)CCC(n2ccc3c(Cl)ncnc32)C1.CC.CC.CC(C)(O)O. The molecule has 10 heteroatoms. The first-order valence-electron chi connectivity index (χ1n) is 13.8. The molecule has 1 aromatic carbocycles. The van der Waals surface area contributed by atoms with E-state index in [-0.39, 0.29) is 28.1 Å². The first-order chi connectivity index (χ1) is 19.4. The third-order valence-electron chi connectivity index (χ3n) is 6.56. The summed E-state index contributed by atoms with van der Waals surface area (Å²) in [5.74, 6) is 1.38. The van der Waals surface area contributed by atoms with E-state index >= 15 is 0 Å². The van der Waals surface area contributed by atoms with Crippen molar-refractivity contribution < 1.29 is 14.6 Å². The van der Waals surface area contributed by atoms with E-state index in [0.717, 1.165) is 42.3 Å². The quantitative estimate of drug-likeness (QED) is 0.125. The summed E-state index contributed by atoms with van der Waals surface area (Å²) in [5.41, 5.74) is 7.69. The van der Waals surface area contributed by atoms with Crippen LogP contribution < -0.4 is 5.73 Å². The van der Waals surface area contributed by atoms with Crippen molar-refractivity contribution in [3.05, 3.63) is 58.3 Å². The van der Waals surface area contributed by atoms with Crippen molar-refractivity contribution in [2.75, 3.05) is 5.73 Å². The van der Waals surface area contributed by atoms with Crippen LogP contribution in [-0.2, 0) is 6.42 Å². The molecule has 4 aromatic rings. The van der Waals surface area contributed by atoms with Gasteiger partial charge in [-0.2, -0.15) is 0 Å². The van der Waals surface area contributed by atoms with Crippen molar-refractivity contribution in [2.24, 2.45) is 5.41 Å². The molecule has 2 atom stereocenters. The summed E-state index contributed by atoms with van der Waals surface area (Å²) in [7, 11) is 0. The van der Waals surface area contributed by atoms with E-state index in [0.29, 0.717) is 22.5 Å². The third kappa shape index (κ3) is 8.76. The van der Waals surface area contributed by atoms with Gasteiger partial charge in [-0.15, -0.1) is 6.42 Å². The average molecular weight is 605 g/mol. The number of terminal acetylenes is 1. The molecule has 0 saturated heterocycles. The highest BCUT2D eigenvalue weighted by atomic mass is 35.5. The van der Waals surface area contributed by atoms with Gasteiger partial charge in [0.2, 0.25) is 0 Å². The first kappa shape index (κ1) is 34.2. The maximum Gasteiger partial charge on any atom is 0.156 e. The van der Waals surface area contributed by atoms with Crippen molar-refractivity contribution in [2.45, 2.75) is 85.5 Å². The van der Waals surface area contributed by atoms with Gasteiger partial charge in [0.1, 0.15) is 28.8 Å². The number of aliphatic hydroxyl groups is 2. The molecule has 1 aliphatic rings. The Morgan fingerprint density at radius 2 is 1.80 bits per heavy atom. The summed E-state index contributed by atoms with van der Waals surface area (Å²) >= 11 is 12.2. The number of rotatable bonds is 4. The lowest BCUT2D eigenvalue weighted by Crippen LogP contribution is -2.17. The van der Waals surface area contributed by atoms with Crippen LogP contribution in [0.1, 0.15) is 78.8 Å². The van der Waals surface area contributed by atoms with E-state index in [1.165, 1.54) is 32.3 Å². The highest BCUT2D eigenvalue weighted by Gasteiger charge is 2.38. The number of anilines is 1. The van der Waals surface area contributed by atoms with Gasteiger partial charge in [0.15, 0.2) is 5.79 Å². The lowest BCUT2D eigenvalue weighted by atomic mass is 9.81. The zero-order valence-electron chi connectivity index (χ0n) is 24.5. The summed E-state index contributed by atoms with van der Waals surface area (Å²) in [6, 6.07) is 7.08. The Labute approximate surface area is 251 Å². The fourth-order valence-electron chi connectivity index (χ4n) is 4.81. The van der Waals surface area contributed by atoms with Gasteiger partial charge in [-0.05, 0) is 75.8 Å². The fourth-order valence-corrected chi connectivity index (χ4v) is 5.15. The smallest absolute Gasteiger partial charge is 0.156 e. The number of hydrogen-bond acceptors (Lipinski definition) is 6. The van der Waals surface area contributed by atoms with E-state index < -0.39 is 5.79 Å². The monoisotopic (exact) mass is 603 g/mol. The first-order valence-corrected chi connectivity index (χ1v) is 14.6. The molecule has 1 aliphatic carbocycles. The minimum atomic E-state index is -1.50. The van der Waals surface area contributed by atoms with Gasteiger partial charge in [-0.1, -0.05) is 56.8 Å². The molecular formula is C31H40Cl2FN5O2. The number of hydrogen-bond donors (Lipinski definition) is 3. The van der Waals surface area contributed by atoms with Crippen LogP contribution in [0.15, 0.2) is 36.8 Å². The molecule has 0 bridgehead atoms. The number of benzene rings is 1. The van der Waals surface area contributed by atoms with Crippen molar-refractivity contribution >= 4 is 51.0 Å². The number of nitrogens with two attached hydrogens (primary N) is 1. The van der Waals surface area contributed by atoms with Gasteiger partial charge in [0, 0.05) is 23.0 Å². The zero-order valence-corrected chi connectivity index (χ0v) is 26.1. The van der Waals surface area contributed by atoms with Crippen LogP contribution in [0.5, 0.6) is 0 Å². The molecular weight excluding hydrogens is 564 g/mol. The maximum absolute atomic E-state index is 14.7. The summed E-state index contributed by atoms with van der Waals surface area (Å²) < 4.78 is 16.8. The van der Waals surface area contributed by atoms with Crippen molar-refractivity contribution in [3.8, 4) is 12.3 Å². The van der Waals surface area contributed by atoms with Gasteiger partial charge < -0.3 is 20.5 Å². The molecule has 0 amide bonds. The number of aryl methyl sites for hydroxylation is 1. The number of nitrogen functional groups attached to an aromatic ring is 1. The van der Waals surface area contributed by atoms with Crippen LogP contribution in [-0.4, -0.2) is 35.5 Å². The molecule has 1 saturated carbocycles. The van der Waals surface area contributed by atoms with Crippen LogP contribution in [0.4, 0.5) is 10.2 Å². The zero-order chi connectivity index (χ0) is 31.0. The topological polar surface area (TPSA) is 110 Å². The Morgan fingerprint density at radius 3 is 2.44 bits per heavy atom. The lowest BCUT2D eigenvalue weighted by molar-refractivity contribution is -0.127. The van der Waals surface area contributed by atoms with Crippen LogP contribution >= 0.6 is 23.2 Å². The Bertz CT molecular complexity index is 1490. The molecule has 3 heterocycles. The Balaban J connectivity index is 0.000000583. The normalized spacial score (nSPS) is 18.0. The van der Waals surface area contributed by atoms with E-state index in [4.69, 9.17) is 45.6 Å². The number of fused-ring (bicyclic) bond motifs is 2. The molecule has 3 aromatic heterocycles. The molecule has 5 rings (SSSR count). The molecule has 7 nitrogen and oxygen atoms in total. The van der Waals surface area contributed by atoms with Gasteiger partial charge in [-0.3, -0.25) is 0 Å². The molecule has 41 heavy (non-hydrogen) atoms. The van der Waals surface area contributed by atoms with Crippen LogP contribution in [0.2, 0.25) is 10.2 Å². The predicted molar refractivity (Wildman–Crippen MR) is 167 cm³/mol. The van der Waals surface area contributed by atoms with Crippen LogP contribution in [0.25, 0.3) is 21.9 Å². The van der Waals surface area contributed by atoms with Crippen LogP contribution in [0, 0.1) is 23.6 Å². The minimum absolute atomic E-state index is 0.192. The number of pyridine rings is 1. The lowest BCUT2D eigenvalue weighted by Gasteiger charge is -2.24. The highest BCUT2D eigenvalue weighted by molar-refractivity contribution is 6.34. The van der Waals surface area contributed by atoms with Gasteiger partial charge in [0.25, 0.3) is 0 Å². The average Bonchev–Trinajstić information content (AvgIpc) is 3.56. The molecule has 0 aliphatic heterocycles. The molecule has 0 spiro atoms. The summed E-state index contributed by atoms with van der Waals surface area (Å²) in [6.45, 7) is 10.6. The van der Waals surface area contributed by atoms with Gasteiger partial charge in [0.05, 0.1) is 15.9 Å². The molecule has 2 unspecified atom stereocenters. The van der Waals surface area contributed by atoms with Crippen LogP contribution in [0.3, 0.4) is 0 Å². The van der Waals surface area contributed by atoms with E-state index in [2.05, 4.69) is 25.4 Å². The maximum atomic E-state index is 14.7. The predicted octanol–water partition coefficient (Wildman–Crippen LogP) is 7.74. The molecule has 222 valence electrons.